The molecule has 0 spiro atoms. The van der Waals surface area contributed by atoms with Gasteiger partial charge in [-0.3, -0.25) is 4.79 Å². The van der Waals surface area contributed by atoms with Gasteiger partial charge in [-0.25, -0.2) is 4.68 Å². The molecule has 98 valence electrons. The fourth-order valence-corrected chi connectivity index (χ4v) is 3.01. The summed E-state index contributed by atoms with van der Waals surface area (Å²) in [5.41, 5.74) is 2.63. The standard InChI is InChI=1S/C12H12N4O2S/c17-11(18)7-19-12-13-14-15-16(12)10-5-8-3-1-2-4-9(8)6-10/h1-4,10H,5-7H2,(H,17,18). The van der Waals surface area contributed by atoms with Crippen LogP contribution in [-0.2, 0) is 17.6 Å². The molecule has 0 amide bonds. The molecule has 0 fully saturated rings. The first-order chi connectivity index (χ1) is 9.24. The van der Waals surface area contributed by atoms with E-state index in [9.17, 15) is 4.79 Å². The van der Waals surface area contributed by atoms with E-state index in [1.165, 1.54) is 11.1 Å². The van der Waals surface area contributed by atoms with Crippen molar-refractivity contribution in [2.24, 2.45) is 0 Å². The van der Waals surface area contributed by atoms with E-state index in [1.54, 1.807) is 4.68 Å². The lowest BCUT2D eigenvalue weighted by Gasteiger charge is -2.10. The molecule has 0 aliphatic heterocycles. The largest absolute Gasteiger partial charge is 0.481 e. The zero-order chi connectivity index (χ0) is 13.2. The Morgan fingerprint density at radius 3 is 2.68 bits per heavy atom. The number of rotatable bonds is 4. The minimum absolute atomic E-state index is 0.0277. The van der Waals surface area contributed by atoms with E-state index in [0.29, 0.717) is 5.16 Å². The third-order valence-corrected chi connectivity index (χ3v) is 4.08. The smallest absolute Gasteiger partial charge is 0.313 e. The molecule has 1 heterocycles. The molecule has 2 aromatic rings. The fourth-order valence-electron chi connectivity index (χ4n) is 2.34. The predicted octanol–water partition coefficient (Wildman–Crippen LogP) is 1.19. The fraction of sp³-hybridized carbons (Fsp3) is 0.333. The van der Waals surface area contributed by atoms with Gasteiger partial charge in [0.1, 0.15) is 0 Å². The normalized spacial score (nSPS) is 14.5. The molecule has 1 aliphatic carbocycles. The third kappa shape index (κ3) is 2.46. The summed E-state index contributed by atoms with van der Waals surface area (Å²) in [5.74, 6) is -0.894. The first-order valence-corrected chi connectivity index (χ1v) is 6.92. The van der Waals surface area contributed by atoms with Crippen molar-refractivity contribution in [1.29, 1.82) is 0 Å². The molecule has 6 nitrogen and oxygen atoms in total. The molecular formula is C12H12N4O2S. The summed E-state index contributed by atoms with van der Waals surface area (Å²) in [6.07, 6.45) is 1.78. The van der Waals surface area contributed by atoms with Gasteiger partial charge >= 0.3 is 5.97 Å². The van der Waals surface area contributed by atoms with Gasteiger partial charge in [0.15, 0.2) is 0 Å². The number of thioether (sulfide) groups is 1. The van der Waals surface area contributed by atoms with Gasteiger partial charge in [0, 0.05) is 0 Å². The van der Waals surface area contributed by atoms with E-state index in [0.717, 1.165) is 24.6 Å². The molecule has 0 radical (unpaired) electrons. The van der Waals surface area contributed by atoms with Gasteiger partial charge in [-0.05, 0) is 34.4 Å². The highest BCUT2D eigenvalue weighted by atomic mass is 32.2. The minimum atomic E-state index is -0.866. The molecule has 0 unspecified atom stereocenters. The Balaban J connectivity index is 1.78. The molecule has 0 saturated heterocycles. The van der Waals surface area contributed by atoms with E-state index in [2.05, 4.69) is 27.7 Å². The first kappa shape index (κ1) is 12.2. The van der Waals surface area contributed by atoms with E-state index >= 15 is 0 Å². The number of aromatic nitrogens is 4. The number of fused-ring (bicyclic) bond motifs is 1. The van der Waals surface area contributed by atoms with Crippen molar-refractivity contribution >= 4 is 17.7 Å². The highest BCUT2D eigenvalue weighted by Gasteiger charge is 2.26. The average molecular weight is 276 g/mol. The maximum absolute atomic E-state index is 10.6. The summed E-state index contributed by atoms with van der Waals surface area (Å²) >= 11 is 1.15. The van der Waals surface area contributed by atoms with Crippen molar-refractivity contribution < 1.29 is 9.90 Å². The summed E-state index contributed by atoms with van der Waals surface area (Å²) in [6, 6.07) is 8.47. The number of nitrogens with zero attached hydrogens (tertiary/aromatic N) is 4. The molecule has 0 bridgehead atoms. The summed E-state index contributed by atoms with van der Waals surface area (Å²) in [4.78, 5) is 10.6. The Hall–Kier alpha value is -1.89. The number of tetrazole rings is 1. The van der Waals surface area contributed by atoms with E-state index < -0.39 is 5.97 Å². The van der Waals surface area contributed by atoms with Crippen LogP contribution in [0.4, 0.5) is 0 Å². The van der Waals surface area contributed by atoms with Gasteiger partial charge in [-0.15, -0.1) is 5.10 Å². The van der Waals surface area contributed by atoms with Crippen LogP contribution in [0.3, 0.4) is 0 Å². The van der Waals surface area contributed by atoms with Gasteiger partial charge in [0.25, 0.3) is 0 Å². The SMILES string of the molecule is O=C(O)CSc1nnnn1C1Cc2ccccc2C1. The number of hydrogen-bond acceptors (Lipinski definition) is 5. The molecule has 0 saturated carbocycles. The number of carbonyl (C=O) groups is 1. The Bertz CT molecular complexity index is 588. The lowest BCUT2D eigenvalue weighted by molar-refractivity contribution is -0.133. The second-order valence-electron chi connectivity index (χ2n) is 4.42. The first-order valence-electron chi connectivity index (χ1n) is 5.93. The average Bonchev–Trinajstić information content (AvgIpc) is 3.02. The Kier molecular flexibility index (Phi) is 3.20. The van der Waals surface area contributed by atoms with Crippen molar-refractivity contribution in [2.45, 2.75) is 24.0 Å². The molecule has 1 aromatic heterocycles. The Morgan fingerprint density at radius 1 is 1.37 bits per heavy atom. The lowest BCUT2D eigenvalue weighted by Crippen LogP contribution is -2.13. The molecule has 0 atom stereocenters. The molecule has 3 rings (SSSR count). The van der Waals surface area contributed by atoms with Crippen LogP contribution in [-0.4, -0.2) is 37.0 Å². The van der Waals surface area contributed by atoms with Crippen LogP contribution < -0.4 is 0 Å². The van der Waals surface area contributed by atoms with Crippen LogP contribution in [0.5, 0.6) is 0 Å². The molecule has 19 heavy (non-hydrogen) atoms. The van der Waals surface area contributed by atoms with Crippen molar-refractivity contribution in [2.75, 3.05) is 5.75 Å². The Morgan fingerprint density at radius 2 is 2.05 bits per heavy atom. The maximum atomic E-state index is 10.6. The minimum Gasteiger partial charge on any atom is -0.481 e. The zero-order valence-electron chi connectivity index (χ0n) is 10.1. The molecular weight excluding hydrogens is 264 g/mol. The number of aliphatic carboxylic acids is 1. The van der Waals surface area contributed by atoms with Crippen molar-refractivity contribution in [1.82, 2.24) is 20.2 Å². The second-order valence-corrected chi connectivity index (χ2v) is 5.36. The van der Waals surface area contributed by atoms with E-state index in [1.807, 2.05) is 12.1 Å². The van der Waals surface area contributed by atoms with Gasteiger partial charge < -0.3 is 5.11 Å². The van der Waals surface area contributed by atoms with Crippen LogP contribution in [0, 0.1) is 0 Å². The number of carboxylic acids is 1. The molecule has 1 aliphatic rings. The molecule has 7 heteroatoms. The Labute approximate surface area is 113 Å². The van der Waals surface area contributed by atoms with Crippen molar-refractivity contribution in [3.63, 3.8) is 0 Å². The van der Waals surface area contributed by atoms with Crippen molar-refractivity contribution in [3.05, 3.63) is 35.4 Å². The second kappa shape index (κ2) is 5.00. The van der Waals surface area contributed by atoms with Crippen molar-refractivity contribution in [3.8, 4) is 0 Å². The van der Waals surface area contributed by atoms with Crippen LogP contribution in [0.2, 0.25) is 0 Å². The summed E-state index contributed by atoms with van der Waals surface area (Å²) in [5, 5.41) is 20.8. The third-order valence-electron chi connectivity index (χ3n) is 3.16. The topological polar surface area (TPSA) is 80.9 Å². The van der Waals surface area contributed by atoms with Gasteiger partial charge in [-0.1, -0.05) is 36.0 Å². The van der Waals surface area contributed by atoms with Gasteiger partial charge in [-0.2, -0.15) is 0 Å². The van der Waals surface area contributed by atoms with Crippen LogP contribution >= 0.6 is 11.8 Å². The maximum Gasteiger partial charge on any atom is 0.313 e. The van der Waals surface area contributed by atoms with E-state index in [4.69, 9.17) is 5.11 Å². The predicted molar refractivity (Wildman–Crippen MR) is 69.1 cm³/mol. The van der Waals surface area contributed by atoms with Gasteiger partial charge in [0.2, 0.25) is 5.16 Å². The number of carboxylic acid groups (broad SMARTS) is 1. The van der Waals surface area contributed by atoms with Gasteiger partial charge in [0.05, 0.1) is 11.8 Å². The van der Waals surface area contributed by atoms with Crippen LogP contribution in [0.25, 0.3) is 0 Å². The molecule has 1 aromatic carbocycles. The highest BCUT2D eigenvalue weighted by molar-refractivity contribution is 7.99. The monoisotopic (exact) mass is 276 g/mol. The zero-order valence-corrected chi connectivity index (χ0v) is 10.9. The number of hydrogen-bond donors (Lipinski definition) is 1. The summed E-state index contributed by atoms with van der Waals surface area (Å²) in [7, 11) is 0. The molecule has 1 N–H and O–H groups in total. The van der Waals surface area contributed by atoms with E-state index in [-0.39, 0.29) is 11.8 Å². The summed E-state index contributed by atoms with van der Waals surface area (Å²) < 4.78 is 1.74. The number of benzene rings is 1. The summed E-state index contributed by atoms with van der Waals surface area (Å²) in [6.45, 7) is 0. The van der Waals surface area contributed by atoms with Crippen LogP contribution in [0.1, 0.15) is 17.2 Å². The quantitative estimate of drug-likeness (QED) is 0.845. The van der Waals surface area contributed by atoms with Crippen LogP contribution in [0.15, 0.2) is 29.4 Å². The highest BCUT2D eigenvalue weighted by Crippen LogP contribution is 2.31. The lowest BCUT2D eigenvalue weighted by atomic mass is 10.1.